The summed E-state index contributed by atoms with van der Waals surface area (Å²) >= 11 is 0. The number of hydrogen-bond donors (Lipinski definition) is 1. The summed E-state index contributed by atoms with van der Waals surface area (Å²) in [4.78, 5) is 13.6. The van der Waals surface area contributed by atoms with Crippen molar-refractivity contribution in [3.63, 3.8) is 0 Å². The molecule has 0 saturated carbocycles. The number of rotatable bonds is 6. The van der Waals surface area contributed by atoms with Crippen molar-refractivity contribution in [3.05, 3.63) is 17.0 Å². The maximum atomic E-state index is 12.5. The summed E-state index contributed by atoms with van der Waals surface area (Å²) in [5, 5.41) is 13.1. The van der Waals surface area contributed by atoms with E-state index >= 15 is 0 Å². The quantitative estimate of drug-likeness (QED) is 0.870. The molecule has 0 aliphatic rings. The fourth-order valence-corrected chi connectivity index (χ4v) is 2.10. The van der Waals surface area contributed by atoms with Crippen LogP contribution in [0.1, 0.15) is 30.3 Å². The maximum absolute atomic E-state index is 12.5. The number of halogens is 3. The van der Waals surface area contributed by atoms with Gasteiger partial charge in [0.15, 0.2) is 0 Å². The van der Waals surface area contributed by atoms with Crippen LogP contribution in [-0.2, 0) is 17.8 Å². The van der Waals surface area contributed by atoms with Crippen molar-refractivity contribution >= 4 is 5.91 Å². The van der Waals surface area contributed by atoms with Crippen LogP contribution in [0.4, 0.5) is 13.2 Å². The van der Waals surface area contributed by atoms with Gasteiger partial charge in [-0.3, -0.25) is 9.48 Å². The molecule has 1 N–H and O–H groups in total. The molecule has 22 heavy (non-hydrogen) atoms. The monoisotopic (exact) mass is 321 g/mol. The Kier molecular flexibility index (Phi) is 5.99. The minimum absolute atomic E-state index is 0.00579. The lowest BCUT2D eigenvalue weighted by Gasteiger charge is -2.18. The van der Waals surface area contributed by atoms with Crippen molar-refractivity contribution < 1.29 is 23.1 Å². The SMILES string of the molecule is Cc1nn(CC(F)(F)F)c(C)c1CC(=O)N(C)CCC(C)O. The second-order valence-corrected chi connectivity index (χ2v) is 5.55. The van der Waals surface area contributed by atoms with E-state index in [9.17, 15) is 23.1 Å². The molecular weight excluding hydrogens is 299 g/mol. The smallest absolute Gasteiger partial charge is 0.393 e. The van der Waals surface area contributed by atoms with E-state index in [2.05, 4.69) is 5.10 Å². The Bertz CT molecular complexity index is 524. The average molecular weight is 321 g/mol. The van der Waals surface area contributed by atoms with Gasteiger partial charge in [0.05, 0.1) is 18.2 Å². The van der Waals surface area contributed by atoms with E-state index in [1.165, 1.54) is 11.8 Å². The second-order valence-electron chi connectivity index (χ2n) is 5.55. The molecule has 1 unspecified atom stereocenters. The third kappa shape index (κ3) is 5.32. The Morgan fingerprint density at radius 2 is 2.00 bits per heavy atom. The van der Waals surface area contributed by atoms with Crippen molar-refractivity contribution in [2.24, 2.45) is 0 Å². The highest BCUT2D eigenvalue weighted by molar-refractivity contribution is 5.79. The van der Waals surface area contributed by atoms with Gasteiger partial charge in [0.2, 0.25) is 5.91 Å². The minimum Gasteiger partial charge on any atom is -0.393 e. The molecule has 0 spiro atoms. The lowest BCUT2D eigenvalue weighted by molar-refractivity contribution is -0.143. The summed E-state index contributed by atoms with van der Waals surface area (Å²) < 4.78 is 38.3. The van der Waals surface area contributed by atoms with E-state index in [1.807, 2.05) is 0 Å². The van der Waals surface area contributed by atoms with Gasteiger partial charge >= 0.3 is 6.18 Å². The van der Waals surface area contributed by atoms with Crippen LogP contribution in [0.2, 0.25) is 0 Å². The fraction of sp³-hybridized carbons (Fsp3) is 0.714. The van der Waals surface area contributed by atoms with E-state index in [-0.39, 0.29) is 12.3 Å². The molecule has 126 valence electrons. The Morgan fingerprint density at radius 1 is 1.41 bits per heavy atom. The van der Waals surface area contributed by atoms with Gasteiger partial charge in [-0.25, -0.2) is 0 Å². The maximum Gasteiger partial charge on any atom is 0.408 e. The molecule has 0 radical (unpaired) electrons. The van der Waals surface area contributed by atoms with Gasteiger partial charge < -0.3 is 10.0 Å². The first kappa shape index (κ1) is 18.5. The highest BCUT2D eigenvalue weighted by Crippen LogP contribution is 2.21. The number of hydrogen-bond acceptors (Lipinski definition) is 3. The molecular formula is C14H22F3N3O2. The number of nitrogens with zero attached hydrogens (tertiary/aromatic N) is 3. The summed E-state index contributed by atoms with van der Waals surface area (Å²) in [5.74, 6) is -0.210. The van der Waals surface area contributed by atoms with Crippen LogP contribution in [0.25, 0.3) is 0 Å². The van der Waals surface area contributed by atoms with E-state index < -0.39 is 18.8 Å². The minimum atomic E-state index is -4.35. The molecule has 1 atom stereocenters. The predicted octanol–water partition coefficient (Wildman–Crippen LogP) is 1.83. The summed E-state index contributed by atoms with van der Waals surface area (Å²) in [5.41, 5.74) is 1.31. The van der Waals surface area contributed by atoms with Gasteiger partial charge in [-0.1, -0.05) is 0 Å². The van der Waals surface area contributed by atoms with Crippen molar-refractivity contribution in [1.29, 1.82) is 0 Å². The number of alkyl halides is 3. The third-order valence-electron chi connectivity index (χ3n) is 3.50. The first-order valence-corrected chi connectivity index (χ1v) is 7.03. The summed E-state index contributed by atoms with van der Waals surface area (Å²) in [6.45, 7) is 3.99. The van der Waals surface area contributed by atoms with Crippen molar-refractivity contribution in [2.45, 2.75) is 52.4 Å². The van der Waals surface area contributed by atoms with Crippen LogP contribution in [0.5, 0.6) is 0 Å². The first-order valence-electron chi connectivity index (χ1n) is 7.03. The zero-order chi connectivity index (χ0) is 17.1. The molecule has 0 fully saturated rings. The predicted molar refractivity (Wildman–Crippen MR) is 75.4 cm³/mol. The van der Waals surface area contributed by atoms with Gasteiger partial charge in [0, 0.05) is 24.8 Å². The van der Waals surface area contributed by atoms with Crippen molar-refractivity contribution in [2.75, 3.05) is 13.6 Å². The number of carbonyl (C=O) groups excluding carboxylic acids is 1. The van der Waals surface area contributed by atoms with Crippen LogP contribution < -0.4 is 0 Å². The molecule has 1 rings (SSSR count). The van der Waals surface area contributed by atoms with E-state index in [4.69, 9.17) is 0 Å². The molecule has 8 heteroatoms. The van der Waals surface area contributed by atoms with Gasteiger partial charge in [-0.15, -0.1) is 0 Å². The molecule has 1 aromatic heterocycles. The first-order chi connectivity index (χ1) is 10.0. The number of likely N-dealkylation sites (N-methyl/N-ethyl adjacent to an activating group) is 1. The molecule has 1 heterocycles. The number of aryl methyl sites for hydroxylation is 1. The van der Waals surface area contributed by atoms with Gasteiger partial charge in [-0.2, -0.15) is 18.3 Å². The molecule has 0 bridgehead atoms. The number of aromatic nitrogens is 2. The highest BCUT2D eigenvalue weighted by Gasteiger charge is 2.30. The fourth-order valence-electron chi connectivity index (χ4n) is 2.10. The molecule has 1 aromatic rings. The van der Waals surface area contributed by atoms with E-state index in [1.54, 1.807) is 20.9 Å². The average Bonchev–Trinajstić information content (AvgIpc) is 2.61. The molecule has 5 nitrogen and oxygen atoms in total. The zero-order valence-corrected chi connectivity index (χ0v) is 13.2. The highest BCUT2D eigenvalue weighted by atomic mass is 19.4. The molecule has 0 aliphatic heterocycles. The number of carbonyl (C=O) groups is 1. The van der Waals surface area contributed by atoms with Crippen molar-refractivity contribution in [3.8, 4) is 0 Å². The van der Waals surface area contributed by atoms with E-state index in [0.29, 0.717) is 29.9 Å². The summed E-state index contributed by atoms with van der Waals surface area (Å²) in [7, 11) is 1.61. The second kappa shape index (κ2) is 7.13. The number of amides is 1. The van der Waals surface area contributed by atoms with Crippen molar-refractivity contribution in [1.82, 2.24) is 14.7 Å². The van der Waals surface area contributed by atoms with Crippen LogP contribution >= 0.6 is 0 Å². The van der Waals surface area contributed by atoms with Gasteiger partial charge in [-0.05, 0) is 27.2 Å². The molecule has 0 aliphatic carbocycles. The number of aliphatic hydroxyl groups is 1. The van der Waals surface area contributed by atoms with Gasteiger partial charge in [0.1, 0.15) is 6.54 Å². The Labute approximate surface area is 127 Å². The summed E-state index contributed by atoms with van der Waals surface area (Å²) in [6.07, 6.45) is -4.40. The summed E-state index contributed by atoms with van der Waals surface area (Å²) in [6, 6.07) is 0. The largest absolute Gasteiger partial charge is 0.408 e. The zero-order valence-electron chi connectivity index (χ0n) is 13.2. The topological polar surface area (TPSA) is 58.4 Å². The normalized spacial score (nSPS) is 13.3. The number of aliphatic hydroxyl groups excluding tert-OH is 1. The Morgan fingerprint density at radius 3 is 2.50 bits per heavy atom. The molecule has 0 saturated heterocycles. The van der Waals surface area contributed by atoms with Crippen LogP contribution in [0, 0.1) is 13.8 Å². The lowest BCUT2D eigenvalue weighted by Crippen LogP contribution is -2.31. The van der Waals surface area contributed by atoms with Crippen LogP contribution in [-0.4, -0.2) is 51.6 Å². The van der Waals surface area contributed by atoms with Gasteiger partial charge in [0.25, 0.3) is 0 Å². The third-order valence-corrected chi connectivity index (χ3v) is 3.50. The lowest BCUT2D eigenvalue weighted by atomic mass is 10.1. The van der Waals surface area contributed by atoms with E-state index in [0.717, 1.165) is 4.68 Å². The molecule has 1 amide bonds. The standard InChI is InChI=1S/C14H22F3N3O2/c1-9(21)5-6-19(4)13(22)7-12-10(2)18-20(11(12)3)8-14(15,16)17/h9,21H,5-8H2,1-4H3. The molecule has 0 aromatic carbocycles. The van der Waals surface area contributed by atoms with Crippen LogP contribution in [0.15, 0.2) is 0 Å². The Hall–Kier alpha value is -1.57. The van der Waals surface area contributed by atoms with Crippen LogP contribution in [0.3, 0.4) is 0 Å². The Balaban J connectivity index is 2.79.